The Bertz CT molecular complexity index is 984. The number of amides is 2. The predicted octanol–water partition coefficient (Wildman–Crippen LogP) is 3.64. The highest BCUT2D eigenvalue weighted by atomic mass is 16.5. The van der Waals surface area contributed by atoms with Crippen LogP contribution in [0.1, 0.15) is 85.8 Å². The van der Waals surface area contributed by atoms with Gasteiger partial charge in [0.2, 0.25) is 11.7 Å². The van der Waals surface area contributed by atoms with Gasteiger partial charge in [-0.05, 0) is 44.9 Å². The summed E-state index contributed by atoms with van der Waals surface area (Å²) in [6, 6.07) is 1.48. The fraction of sp³-hybridized carbons (Fsp3) is 0.609. The Morgan fingerprint density at radius 2 is 2.06 bits per heavy atom. The lowest BCUT2D eigenvalue weighted by atomic mass is 9.98. The summed E-state index contributed by atoms with van der Waals surface area (Å²) in [5.74, 6) is 1.86. The number of piperidine rings is 1. The van der Waals surface area contributed by atoms with E-state index in [9.17, 15) is 9.59 Å². The van der Waals surface area contributed by atoms with E-state index in [0.29, 0.717) is 44.1 Å². The molecule has 0 radical (unpaired) electrons. The van der Waals surface area contributed by atoms with Crippen molar-refractivity contribution in [3.8, 4) is 0 Å². The molecule has 1 unspecified atom stereocenters. The Balaban J connectivity index is 1.70. The van der Waals surface area contributed by atoms with Crippen LogP contribution in [0.15, 0.2) is 10.6 Å². The van der Waals surface area contributed by atoms with Crippen molar-refractivity contribution in [3.05, 3.63) is 34.6 Å². The van der Waals surface area contributed by atoms with Crippen LogP contribution in [-0.4, -0.2) is 44.9 Å². The first-order valence-corrected chi connectivity index (χ1v) is 11.3. The second-order valence-corrected chi connectivity index (χ2v) is 8.91. The van der Waals surface area contributed by atoms with Gasteiger partial charge in [-0.15, -0.1) is 0 Å². The number of hydrogen-bond donors (Lipinski definition) is 0. The molecule has 2 amide bonds. The van der Waals surface area contributed by atoms with Crippen LogP contribution >= 0.6 is 0 Å². The van der Waals surface area contributed by atoms with E-state index in [1.165, 1.54) is 0 Å². The quantitative estimate of drug-likeness (QED) is 0.726. The molecule has 2 aromatic rings. The van der Waals surface area contributed by atoms with Gasteiger partial charge in [0.15, 0.2) is 5.82 Å². The van der Waals surface area contributed by atoms with Crippen molar-refractivity contribution in [2.45, 2.75) is 72.3 Å². The fourth-order valence-corrected chi connectivity index (χ4v) is 4.47. The van der Waals surface area contributed by atoms with Crippen molar-refractivity contribution in [1.82, 2.24) is 20.0 Å². The standard InChI is InChI=1S/C23H31N5O3/c1-5-16-12-19(31-26-16)23(30)27-11-7-6-8-18(27)21-24-15(4)17-9-10-20(29)28(13-14(2)3)22(17)25-21/h12,14,18H,5-11,13H2,1-4H3. The van der Waals surface area contributed by atoms with Gasteiger partial charge in [0, 0.05) is 36.8 Å². The predicted molar refractivity (Wildman–Crippen MR) is 116 cm³/mol. The molecule has 166 valence electrons. The average Bonchev–Trinajstić information content (AvgIpc) is 3.24. The van der Waals surface area contributed by atoms with Gasteiger partial charge < -0.3 is 9.42 Å². The van der Waals surface area contributed by atoms with Crippen LogP contribution in [0.2, 0.25) is 0 Å². The van der Waals surface area contributed by atoms with E-state index in [1.807, 2.05) is 18.7 Å². The Hall–Kier alpha value is -2.77. The minimum absolute atomic E-state index is 0.107. The smallest absolute Gasteiger partial charge is 0.293 e. The number of likely N-dealkylation sites (tertiary alicyclic amines) is 1. The van der Waals surface area contributed by atoms with Crippen LogP contribution in [0, 0.1) is 12.8 Å². The van der Waals surface area contributed by atoms with E-state index in [4.69, 9.17) is 14.5 Å². The number of carbonyl (C=O) groups excluding carboxylic acids is 2. The topological polar surface area (TPSA) is 92.4 Å². The minimum Gasteiger partial charge on any atom is -0.351 e. The van der Waals surface area contributed by atoms with Crippen LogP contribution < -0.4 is 4.90 Å². The average molecular weight is 426 g/mol. The van der Waals surface area contributed by atoms with Gasteiger partial charge in [-0.25, -0.2) is 9.97 Å². The number of fused-ring (bicyclic) bond motifs is 1. The molecule has 8 nitrogen and oxygen atoms in total. The number of hydrogen-bond acceptors (Lipinski definition) is 6. The summed E-state index contributed by atoms with van der Waals surface area (Å²) in [4.78, 5) is 39.2. The number of carbonyl (C=O) groups is 2. The summed E-state index contributed by atoms with van der Waals surface area (Å²) in [5, 5.41) is 3.97. The largest absolute Gasteiger partial charge is 0.351 e. The van der Waals surface area contributed by atoms with E-state index in [0.717, 1.165) is 42.0 Å². The second-order valence-electron chi connectivity index (χ2n) is 8.91. The van der Waals surface area contributed by atoms with E-state index < -0.39 is 0 Å². The molecular weight excluding hydrogens is 394 g/mol. The highest BCUT2D eigenvalue weighted by Crippen LogP contribution is 2.35. The Morgan fingerprint density at radius 1 is 1.26 bits per heavy atom. The zero-order valence-electron chi connectivity index (χ0n) is 18.8. The van der Waals surface area contributed by atoms with Crippen molar-refractivity contribution in [2.24, 2.45) is 5.92 Å². The molecule has 2 aliphatic heterocycles. The third-order valence-electron chi connectivity index (χ3n) is 6.10. The van der Waals surface area contributed by atoms with Crippen molar-refractivity contribution in [2.75, 3.05) is 18.0 Å². The Morgan fingerprint density at radius 3 is 2.77 bits per heavy atom. The summed E-state index contributed by atoms with van der Waals surface area (Å²) < 4.78 is 5.31. The maximum absolute atomic E-state index is 13.2. The Kier molecular flexibility index (Phi) is 6.07. The molecule has 31 heavy (non-hydrogen) atoms. The molecule has 1 atom stereocenters. The molecular formula is C23H31N5O3. The lowest BCUT2D eigenvalue weighted by molar-refractivity contribution is -0.119. The number of aromatic nitrogens is 3. The molecule has 1 saturated heterocycles. The van der Waals surface area contributed by atoms with Gasteiger partial charge in [-0.1, -0.05) is 25.9 Å². The van der Waals surface area contributed by atoms with Gasteiger partial charge in [0.25, 0.3) is 5.91 Å². The fourth-order valence-electron chi connectivity index (χ4n) is 4.47. The van der Waals surface area contributed by atoms with Crippen molar-refractivity contribution in [3.63, 3.8) is 0 Å². The maximum atomic E-state index is 13.2. The normalized spacial score (nSPS) is 19.1. The van der Waals surface area contributed by atoms with E-state index in [-0.39, 0.29) is 23.6 Å². The highest BCUT2D eigenvalue weighted by Gasteiger charge is 2.35. The molecule has 0 saturated carbocycles. The lowest BCUT2D eigenvalue weighted by Gasteiger charge is -2.36. The molecule has 0 aromatic carbocycles. The van der Waals surface area contributed by atoms with Crippen molar-refractivity contribution in [1.29, 1.82) is 0 Å². The zero-order valence-corrected chi connectivity index (χ0v) is 18.8. The van der Waals surface area contributed by atoms with E-state index >= 15 is 0 Å². The molecule has 2 aliphatic rings. The first kappa shape index (κ1) is 21.5. The summed E-state index contributed by atoms with van der Waals surface area (Å²) in [6.07, 6.45) is 4.59. The highest BCUT2D eigenvalue weighted by molar-refractivity contribution is 5.95. The summed E-state index contributed by atoms with van der Waals surface area (Å²) in [5.41, 5.74) is 2.70. The van der Waals surface area contributed by atoms with Gasteiger partial charge in [-0.3, -0.25) is 14.5 Å². The van der Waals surface area contributed by atoms with Crippen LogP contribution in [0.5, 0.6) is 0 Å². The third-order valence-corrected chi connectivity index (χ3v) is 6.10. The van der Waals surface area contributed by atoms with Gasteiger partial charge in [0.05, 0.1) is 11.7 Å². The minimum atomic E-state index is -0.238. The van der Waals surface area contributed by atoms with Crippen LogP contribution in [0.3, 0.4) is 0 Å². The van der Waals surface area contributed by atoms with Crippen molar-refractivity contribution < 1.29 is 14.1 Å². The molecule has 8 heteroatoms. The molecule has 4 rings (SSSR count). The van der Waals surface area contributed by atoms with Gasteiger partial charge in [0.1, 0.15) is 5.82 Å². The van der Waals surface area contributed by atoms with Gasteiger partial charge in [-0.2, -0.15) is 0 Å². The number of aryl methyl sites for hydroxylation is 2. The number of nitrogens with zero attached hydrogens (tertiary/aromatic N) is 5. The molecule has 0 bridgehead atoms. The van der Waals surface area contributed by atoms with Crippen molar-refractivity contribution >= 4 is 17.6 Å². The molecule has 0 spiro atoms. The third kappa shape index (κ3) is 4.20. The molecule has 2 aromatic heterocycles. The maximum Gasteiger partial charge on any atom is 0.293 e. The first-order valence-electron chi connectivity index (χ1n) is 11.3. The molecule has 0 N–H and O–H groups in total. The second kappa shape index (κ2) is 8.77. The Labute approximate surface area is 183 Å². The zero-order chi connectivity index (χ0) is 22.1. The lowest BCUT2D eigenvalue weighted by Crippen LogP contribution is -2.41. The SMILES string of the molecule is CCc1cc(C(=O)N2CCCCC2c2nc(C)c3c(n2)N(CC(C)C)C(=O)CC3)on1. The van der Waals surface area contributed by atoms with E-state index in [2.05, 4.69) is 19.0 Å². The van der Waals surface area contributed by atoms with Crippen LogP contribution in [0.25, 0.3) is 0 Å². The molecule has 0 aliphatic carbocycles. The number of anilines is 1. The summed E-state index contributed by atoms with van der Waals surface area (Å²) in [6.45, 7) is 9.41. The summed E-state index contributed by atoms with van der Waals surface area (Å²) in [7, 11) is 0. The molecule has 4 heterocycles. The summed E-state index contributed by atoms with van der Waals surface area (Å²) >= 11 is 0. The van der Waals surface area contributed by atoms with E-state index in [1.54, 1.807) is 11.0 Å². The van der Waals surface area contributed by atoms with Crippen LogP contribution in [0.4, 0.5) is 5.82 Å². The van der Waals surface area contributed by atoms with Gasteiger partial charge >= 0.3 is 0 Å². The monoisotopic (exact) mass is 425 g/mol. The molecule has 1 fully saturated rings. The van der Waals surface area contributed by atoms with Crippen LogP contribution in [-0.2, 0) is 17.6 Å². The first-order chi connectivity index (χ1) is 14.9. The number of rotatable bonds is 5.